The smallest absolute Gasteiger partial charge is 0.379 e. The van der Waals surface area contributed by atoms with Gasteiger partial charge in [-0.2, -0.15) is 4.98 Å². The second kappa shape index (κ2) is 7.60. The summed E-state index contributed by atoms with van der Waals surface area (Å²) in [6.45, 7) is 1.78. The number of urea groups is 1. The standard InChI is InChI=1S/C17H16N6O4/c1-10-8-9-19-16-20-13(22-23(10)16)15(25)27-12(11-6-4-3-5-7-11)14(24)21-17(26)18-2/h3-9,12H,1-2H3,(H2,18,21,24,26). The summed E-state index contributed by atoms with van der Waals surface area (Å²) in [5.41, 5.74) is 1.12. The van der Waals surface area contributed by atoms with Gasteiger partial charge in [0.1, 0.15) is 0 Å². The fourth-order valence-electron chi connectivity index (χ4n) is 2.29. The molecule has 3 aromatic rings. The molecule has 27 heavy (non-hydrogen) atoms. The van der Waals surface area contributed by atoms with E-state index in [1.807, 2.05) is 0 Å². The molecule has 138 valence electrons. The number of aromatic nitrogens is 4. The predicted octanol–water partition coefficient (Wildman–Crippen LogP) is 0.786. The Labute approximate surface area is 153 Å². The molecular weight excluding hydrogens is 352 g/mol. The Morgan fingerprint density at radius 3 is 2.56 bits per heavy atom. The molecule has 2 N–H and O–H groups in total. The third-order valence-corrected chi connectivity index (χ3v) is 3.64. The number of nitrogens with one attached hydrogen (secondary N) is 2. The van der Waals surface area contributed by atoms with Crippen LogP contribution >= 0.6 is 0 Å². The topological polar surface area (TPSA) is 128 Å². The summed E-state index contributed by atoms with van der Waals surface area (Å²) < 4.78 is 6.69. The van der Waals surface area contributed by atoms with Crippen LogP contribution in [0.3, 0.4) is 0 Å². The quantitative estimate of drug-likeness (QED) is 0.652. The molecule has 3 amide bonds. The predicted molar refractivity (Wildman–Crippen MR) is 92.7 cm³/mol. The highest BCUT2D eigenvalue weighted by Gasteiger charge is 2.28. The first-order chi connectivity index (χ1) is 13.0. The lowest BCUT2D eigenvalue weighted by Gasteiger charge is -2.16. The van der Waals surface area contributed by atoms with E-state index in [-0.39, 0.29) is 11.6 Å². The average molecular weight is 368 g/mol. The highest BCUT2D eigenvalue weighted by Crippen LogP contribution is 2.19. The molecule has 2 aromatic heterocycles. The van der Waals surface area contributed by atoms with Crippen LogP contribution in [-0.4, -0.2) is 44.5 Å². The van der Waals surface area contributed by atoms with Gasteiger partial charge in [-0.05, 0) is 13.0 Å². The summed E-state index contributed by atoms with van der Waals surface area (Å²) in [6, 6.07) is 9.30. The number of imide groups is 1. The fourth-order valence-corrected chi connectivity index (χ4v) is 2.29. The lowest BCUT2D eigenvalue weighted by molar-refractivity contribution is -0.129. The van der Waals surface area contributed by atoms with Crippen molar-refractivity contribution in [3.05, 3.63) is 59.7 Å². The Morgan fingerprint density at radius 1 is 1.15 bits per heavy atom. The van der Waals surface area contributed by atoms with Crippen LogP contribution in [0.15, 0.2) is 42.6 Å². The molecule has 0 radical (unpaired) electrons. The number of benzene rings is 1. The molecule has 3 rings (SSSR count). The van der Waals surface area contributed by atoms with Gasteiger partial charge in [0.15, 0.2) is 0 Å². The van der Waals surface area contributed by atoms with Gasteiger partial charge in [-0.15, -0.1) is 5.10 Å². The number of fused-ring (bicyclic) bond motifs is 1. The zero-order chi connectivity index (χ0) is 19.4. The molecule has 2 heterocycles. The zero-order valence-corrected chi connectivity index (χ0v) is 14.5. The zero-order valence-electron chi connectivity index (χ0n) is 14.5. The molecule has 10 heteroatoms. The average Bonchev–Trinajstić information content (AvgIpc) is 3.12. The van der Waals surface area contributed by atoms with E-state index in [0.29, 0.717) is 5.56 Å². The van der Waals surface area contributed by atoms with Gasteiger partial charge in [-0.25, -0.2) is 19.1 Å². The molecule has 0 saturated carbocycles. The van der Waals surface area contributed by atoms with Crippen LogP contribution in [0.4, 0.5) is 4.79 Å². The molecule has 0 bridgehead atoms. The van der Waals surface area contributed by atoms with Gasteiger partial charge >= 0.3 is 12.0 Å². The summed E-state index contributed by atoms with van der Waals surface area (Å²) in [5.74, 6) is -1.73. The minimum atomic E-state index is -1.35. The summed E-state index contributed by atoms with van der Waals surface area (Å²) in [6.07, 6.45) is 0.189. The van der Waals surface area contributed by atoms with E-state index in [1.165, 1.54) is 17.8 Å². The maximum absolute atomic E-state index is 12.5. The Kier molecular flexibility index (Phi) is 5.06. The van der Waals surface area contributed by atoms with Crippen LogP contribution in [0.1, 0.15) is 28.0 Å². The van der Waals surface area contributed by atoms with Crippen molar-refractivity contribution in [2.24, 2.45) is 0 Å². The van der Waals surface area contributed by atoms with Gasteiger partial charge in [0.2, 0.25) is 6.10 Å². The second-order valence-corrected chi connectivity index (χ2v) is 5.50. The van der Waals surface area contributed by atoms with Gasteiger partial charge in [0.25, 0.3) is 17.5 Å². The van der Waals surface area contributed by atoms with Gasteiger partial charge in [-0.1, -0.05) is 30.3 Å². The van der Waals surface area contributed by atoms with Crippen LogP contribution in [0.5, 0.6) is 0 Å². The van der Waals surface area contributed by atoms with Gasteiger partial charge in [-0.3, -0.25) is 10.1 Å². The first-order valence-corrected chi connectivity index (χ1v) is 7.96. The molecule has 0 aliphatic rings. The van der Waals surface area contributed by atoms with Gasteiger partial charge in [0.05, 0.1) is 0 Å². The van der Waals surface area contributed by atoms with Gasteiger partial charge < -0.3 is 10.1 Å². The molecule has 0 fully saturated rings. The summed E-state index contributed by atoms with van der Waals surface area (Å²) in [7, 11) is 1.36. The van der Waals surface area contributed by atoms with Crippen molar-refractivity contribution in [3.8, 4) is 0 Å². The number of rotatable bonds is 4. The number of ether oxygens (including phenoxy) is 1. The number of carbonyl (C=O) groups is 3. The van der Waals surface area contributed by atoms with Crippen LogP contribution in [-0.2, 0) is 9.53 Å². The van der Waals surface area contributed by atoms with E-state index in [1.54, 1.807) is 43.3 Å². The van der Waals surface area contributed by atoms with Crippen molar-refractivity contribution in [2.75, 3.05) is 7.05 Å². The molecule has 0 aliphatic carbocycles. The van der Waals surface area contributed by atoms with Crippen molar-refractivity contribution < 1.29 is 19.1 Å². The van der Waals surface area contributed by atoms with Crippen molar-refractivity contribution in [2.45, 2.75) is 13.0 Å². The van der Waals surface area contributed by atoms with E-state index >= 15 is 0 Å². The monoisotopic (exact) mass is 368 g/mol. The highest BCUT2D eigenvalue weighted by atomic mass is 16.5. The van der Waals surface area contributed by atoms with E-state index in [9.17, 15) is 14.4 Å². The number of nitrogens with zero attached hydrogens (tertiary/aromatic N) is 4. The van der Waals surface area contributed by atoms with Gasteiger partial charge in [0, 0.05) is 24.5 Å². The lowest BCUT2D eigenvalue weighted by Crippen LogP contribution is -2.41. The molecule has 0 spiro atoms. The second-order valence-electron chi connectivity index (χ2n) is 5.50. The normalized spacial score (nSPS) is 11.6. The van der Waals surface area contributed by atoms with E-state index < -0.39 is 24.0 Å². The number of amides is 3. The maximum atomic E-state index is 12.5. The summed E-state index contributed by atoms with van der Waals surface area (Å²) >= 11 is 0. The van der Waals surface area contributed by atoms with Crippen molar-refractivity contribution in [3.63, 3.8) is 0 Å². The first-order valence-electron chi connectivity index (χ1n) is 7.96. The minimum Gasteiger partial charge on any atom is -0.441 e. The number of hydrogen-bond donors (Lipinski definition) is 2. The van der Waals surface area contributed by atoms with Crippen LogP contribution in [0, 0.1) is 6.92 Å². The van der Waals surface area contributed by atoms with Crippen molar-refractivity contribution in [1.29, 1.82) is 0 Å². The molecule has 0 saturated heterocycles. The van der Waals surface area contributed by atoms with Crippen LogP contribution in [0.25, 0.3) is 5.78 Å². The summed E-state index contributed by atoms with van der Waals surface area (Å²) in [5, 5.41) is 8.41. The molecule has 10 nitrogen and oxygen atoms in total. The first kappa shape index (κ1) is 18.0. The Hall–Kier alpha value is -3.82. The molecule has 0 aliphatic heterocycles. The number of carbonyl (C=O) groups excluding carboxylic acids is 3. The maximum Gasteiger partial charge on any atom is 0.379 e. The lowest BCUT2D eigenvalue weighted by atomic mass is 10.1. The fraction of sp³-hybridized carbons (Fsp3) is 0.176. The molecular formula is C17H16N6O4. The SMILES string of the molecule is CNC(=O)NC(=O)C(OC(=O)c1nc2nccc(C)n2n1)c1ccccc1. The Bertz CT molecular complexity index is 1000. The molecule has 1 unspecified atom stereocenters. The third-order valence-electron chi connectivity index (χ3n) is 3.64. The van der Waals surface area contributed by atoms with Crippen LogP contribution < -0.4 is 10.6 Å². The number of aryl methyl sites for hydroxylation is 1. The summed E-state index contributed by atoms with van der Waals surface area (Å²) in [4.78, 5) is 44.4. The van der Waals surface area contributed by atoms with Crippen molar-refractivity contribution in [1.82, 2.24) is 30.2 Å². The Balaban J connectivity index is 1.88. The molecule has 1 aromatic carbocycles. The van der Waals surface area contributed by atoms with Crippen LogP contribution in [0.2, 0.25) is 0 Å². The van der Waals surface area contributed by atoms with E-state index in [2.05, 4.69) is 25.7 Å². The minimum absolute atomic E-state index is 0.230. The van der Waals surface area contributed by atoms with E-state index in [4.69, 9.17) is 4.74 Å². The Morgan fingerprint density at radius 2 is 1.89 bits per heavy atom. The number of hydrogen-bond acceptors (Lipinski definition) is 7. The third kappa shape index (κ3) is 3.89. The van der Waals surface area contributed by atoms with E-state index in [0.717, 1.165) is 5.69 Å². The highest BCUT2D eigenvalue weighted by molar-refractivity contribution is 5.98. The number of esters is 1. The largest absolute Gasteiger partial charge is 0.441 e. The molecule has 1 atom stereocenters. The van der Waals surface area contributed by atoms with Crippen molar-refractivity contribution >= 4 is 23.7 Å².